The number of hydrogen-bond acceptors (Lipinski definition) is 6. The molecule has 0 radical (unpaired) electrons. The summed E-state index contributed by atoms with van der Waals surface area (Å²) >= 11 is 0. The van der Waals surface area contributed by atoms with Crippen LogP contribution in [0.15, 0.2) is 21.6 Å². The molecule has 2 aliphatic rings. The van der Waals surface area contributed by atoms with Gasteiger partial charge in [0.2, 0.25) is 10.0 Å². The molecule has 0 atom stereocenters. The summed E-state index contributed by atoms with van der Waals surface area (Å²) in [5.74, 6) is 0.521. The van der Waals surface area contributed by atoms with Crippen molar-refractivity contribution in [3.05, 3.63) is 23.6 Å². The average molecular weight is 436 g/mol. The minimum atomic E-state index is -3.67. The monoisotopic (exact) mass is 435 g/mol. The van der Waals surface area contributed by atoms with Crippen molar-refractivity contribution in [1.82, 2.24) is 24.3 Å². The van der Waals surface area contributed by atoms with E-state index in [1.165, 1.54) is 16.6 Å². The summed E-state index contributed by atoms with van der Waals surface area (Å²) in [6, 6.07) is 1.51. The summed E-state index contributed by atoms with van der Waals surface area (Å²) in [5, 5.41) is 6.82. The number of aromatic amines is 1. The first-order valence-electron chi connectivity index (χ1n) is 10.6. The first-order chi connectivity index (χ1) is 14.4. The number of piperazine rings is 1. The number of likely N-dealkylation sites (tertiary alicyclic amines) is 1. The zero-order valence-electron chi connectivity index (χ0n) is 17.6. The van der Waals surface area contributed by atoms with Gasteiger partial charge in [-0.2, -0.15) is 9.40 Å². The number of carbonyl (C=O) groups is 1. The number of aryl methyl sites for hydroxylation is 1. The standard InChI is InChI=1S/C20H29N5O4S/c1-3-6-23-9-11-25(12-10-23)30(27,28)18-13-17(29-15(18)2)19-16(14-21-22-19)20(26)24-7-4-5-8-24/h13-14H,3-12H2,1-2H3,(H,21,22). The second-order valence-electron chi connectivity index (χ2n) is 7.93. The lowest BCUT2D eigenvalue weighted by Crippen LogP contribution is -2.48. The van der Waals surface area contributed by atoms with Gasteiger partial charge in [0.15, 0.2) is 5.76 Å². The smallest absolute Gasteiger partial charge is 0.257 e. The summed E-state index contributed by atoms with van der Waals surface area (Å²) in [7, 11) is -3.67. The van der Waals surface area contributed by atoms with Gasteiger partial charge in [-0.3, -0.25) is 9.89 Å². The van der Waals surface area contributed by atoms with Gasteiger partial charge in [-0.15, -0.1) is 0 Å². The highest BCUT2D eigenvalue weighted by molar-refractivity contribution is 7.89. The number of carbonyl (C=O) groups excluding carboxylic acids is 1. The molecule has 0 unspecified atom stereocenters. The molecule has 10 heteroatoms. The number of nitrogens with one attached hydrogen (secondary N) is 1. The highest BCUT2D eigenvalue weighted by Crippen LogP contribution is 2.32. The van der Waals surface area contributed by atoms with E-state index < -0.39 is 10.0 Å². The molecule has 0 saturated carbocycles. The van der Waals surface area contributed by atoms with E-state index in [2.05, 4.69) is 22.0 Å². The highest BCUT2D eigenvalue weighted by Gasteiger charge is 2.33. The highest BCUT2D eigenvalue weighted by atomic mass is 32.2. The van der Waals surface area contributed by atoms with Crippen LogP contribution in [-0.2, 0) is 10.0 Å². The first kappa shape index (κ1) is 21.1. The van der Waals surface area contributed by atoms with Gasteiger partial charge in [-0.05, 0) is 32.7 Å². The second kappa shape index (κ2) is 8.52. The molecule has 2 aliphatic heterocycles. The predicted octanol–water partition coefficient (Wildman–Crippen LogP) is 1.93. The van der Waals surface area contributed by atoms with Gasteiger partial charge >= 0.3 is 0 Å². The largest absolute Gasteiger partial charge is 0.458 e. The van der Waals surface area contributed by atoms with Crippen molar-refractivity contribution in [2.75, 3.05) is 45.8 Å². The fraction of sp³-hybridized carbons (Fsp3) is 0.600. The lowest BCUT2D eigenvalue weighted by atomic mass is 10.2. The van der Waals surface area contributed by atoms with Gasteiger partial charge < -0.3 is 14.2 Å². The molecule has 30 heavy (non-hydrogen) atoms. The summed E-state index contributed by atoms with van der Waals surface area (Å²) in [6.07, 6.45) is 4.52. The molecule has 1 amide bonds. The molecule has 4 rings (SSSR count). The van der Waals surface area contributed by atoms with Crippen molar-refractivity contribution < 1.29 is 17.6 Å². The van der Waals surface area contributed by atoms with E-state index in [-0.39, 0.29) is 10.8 Å². The molecule has 2 aromatic heterocycles. The van der Waals surface area contributed by atoms with Gasteiger partial charge in [0.05, 0.1) is 11.8 Å². The maximum atomic E-state index is 13.2. The molecule has 164 valence electrons. The molecule has 9 nitrogen and oxygen atoms in total. The number of sulfonamides is 1. The second-order valence-corrected chi connectivity index (χ2v) is 9.84. The Morgan fingerprint density at radius 1 is 1.17 bits per heavy atom. The van der Waals surface area contributed by atoms with E-state index >= 15 is 0 Å². The number of aromatic nitrogens is 2. The number of amides is 1. The summed E-state index contributed by atoms with van der Waals surface area (Å²) < 4.78 is 33.8. The Morgan fingerprint density at radius 2 is 1.87 bits per heavy atom. The van der Waals surface area contributed by atoms with E-state index in [1.807, 2.05) is 0 Å². The van der Waals surface area contributed by atoms with Crippen LogP contribution in [-0.4, -0.2) is 84.4 Å². The molecule has 0 aliphatic carbocycles. The van der Waals surface area contributed by atoms with E-state index in [0.29, 0.717) is 35.9 Å². The van der Waals surface area contributed by atoms with E-state index in [4.69, 9.17) is 4.42 Å². The Balaban J connectivity index is 1.57. The van der Waals surface area contributed by atoms with Gasteiger partial charge in [-0.1, -0.05) is 6.92 Å². The molecule has 0 spiro atoms. The van der Waals surface area contributed by atoms with Crippen molar-refractivity contribution in [2.45, 2.75) is 38.0 Å². The van der Waals surface area contributed by atoms with Crippen LogP contribution in [0, 0.1) is 6.92 Å². The van der Waals surface area contributed by atoms with Crippen molar-refractivity contribution in [3.63, 3.8) is 0 Å². The van der Waals surface area contributed by atoms with Crippen molar-refractivity contribution in [1.29, 1.82) is 0 Å². The minimum Gasteiger partial charge on any atom is -0.458 e. The lowest BCUT2D eigenvalue weighted by Gasteiger charge is -2.33. The fourth-order valence-electron chi connectivity index (χ4n) is 4.22. The predicted molar refractivity (Wildman–Crippen MR) is 112 cm³/mol. The van der Waals surface area contributed by atoms with Gasteiger partial charge in [0.25, 0.3) is 5.91 Å². The number of furan rings is 1. The van der Waals surface area contributed by atoms with Crippen LogP contribution in [0.3, 0.4) is 0 Å². The number of hydrogen-bond donors (Lipinski definition) is 1. The molecule has 2 fully saturated rings. The van der Waals surface area contributed by atoms with Crippen LogP contribution in [0.2, 0.25) is 0 Å². The van der Waals surface area contributed by atoms with Crippen LogP contribution in [0.5, 0.6) is 0 Å². The molecular weight excluding hydrogens is 406 g/mol. The molecule has 1 N–H and O–H groups in total. The summed E-state index contributed by atoms with van der Waals surface area (Å²) in [5.41, 5.74) is 0.826. The van der Waals surface area contributed by atoms with Crippen LogP contribution in [0.1, 0.15) is 42.3 Å². The average Bonchev–Trinajstić information content (AvgIpc) is 3.48. The third-order valence-electron chi connectivity index (χ3n) is 5.87. The SMILES string of the molecule is CCCN1CCN(S(=O)(=O)c2cc(-c3[nH]ncc3C(=O)N3CCCC3)oc2C)CC1. The zero-order valence-corrected chi connectivity index (χ0v) is 18.4. The Kier molecular flexibility index (Phi) is 5.99. The molecule has 2 aromatic rings. The van der Waals surface area contributed by atoms with Crippen LogP contribution in [0.25, 0.3) is 11.5 Å². The Labute approximate surface area is 177 Å². The summed E-state index contributed by atoms with van der Waals surface area (Å²) in [4.78, 5) is 17.0. The van der Waals surface area contributed by atoms with Crippen molar-refractivity contribution >= 4 is 15.9 Å². The Bertz CT molecular complexity index is 998. The molecule has 4 heterocycles. The number of nitrogens with zero attached hydrogens (tertiary/aromatic N) is 4. The molecule has 0 bridgehead atoms. The van der Waals surface area contributed by atoms with Crippen molar-refractivity contribution in [3.8, 4) is 11.5 Å². The number of H-pyrrole nitrogens is 1. The third-order valence-corrected chi connectivity index (χ3v) is 7.88. The topological polar surface area (TPSA) is 103 Å². The number of rotatable bonds is 6. The molecule has 2 saturated heterocycles. The van der Waals surface area contributed by atoms with E-state index in [9.17, 15) is 13.2 Å². The minimum absolute atomic E-state index is 0.109. The fourth-order valence-corrected chi connectivity index (χ4v) is 5.80. The first-order valence-corrected chi connectivity index (χ1v) is 12.0. The Morgan fingerprint density at radius 3 is 2.53 bits per heavy atom. The van der Waals surface area contributed by atoms with Crippen LogP contribution < -0.4 is 0 Å². The Hall–Kier alpha value is -2.17. The normalized spacial score (nSPS) is 18.9. The third kappa shape index (κ3) is 3.91. The van der Waals surface area contributed by atoms with Crippen LogP contribution >= 0.6 is 0 Å². The van der Waals surface area contributed by atoms with E-state index in [0.717, 1.165) is 52.0 Å². The molecular formula is C20H29N5O4S. The summed E-state index contributed by atoms with van der Waals surface area (Å²) in [6.45, 7) is 8.58. The van der Waals surface area contributed by atoms with Gasteiger partial charge in [-0.25, -0.2) is 8.42 Å². The molecule has 0 aromatic carbocycles. The van der Waals surface area contributed by atoms with Crippen LogP contribution in [0.4, 0.5) is 0 Å². The van der Waals surface area contributed by atoms with Gasteiger partial charge in [0.1, 0.15) is 16.3 Å². The van der Waals surface area contributed by atoms with Crippen molar-refractivity contribution in [2.24, 2.45) is 0 Å². The zero-order chi connectivity index (χ0) is 21.3. The van der Waals surface area contributed by atoms with E-state index in [1.54, 1.807) is 11.8 Å². The maximum absolute atomic E-state index is 13.2. The van der Waals surface area contributed by atoms with Gasteiger partial charge in [0, 0.05) is 45.3 Å². The maximum Gasteiger partial charge on any atom is 0.257 e. The lowest BCUT2D eigenvalue weighted by molar-refractivity contribution is 0.0793. The quantitative estimate of drug-likeness (QED) is 0.744.